The van der Waals surface area contributed by atoms with Gasteiger partial charge in [-0.3, -0.25) is 4.79 Å². The lowest BCUT2D eigenvalue weighted by Crippen LogP contribution is -2.14. The van der Waals surface area contributed by atoms with Gasteiger partial charge in [0, 0.05) is 11.4 Å². The molecule has 25 heavy (non-hydrogen) atoms. The topological polar surface area (TPSA) is 90.7 Å². The number of carbonyl (C=O) groups excluding carboxylic acids is 1. The van der Waals surface area contributed by atoms with Gasteiger partial charge in [0.1, 0.15) is 0 Å². The van der Waals surface area contributed by atoms with Crippen LogP contribution in [0.25, 0.3) is 0 Å². The van der Waals surface area contributed by atoms with E-state index >= 15 is 0 Å². The van der Waals surface area contributed by atoms with Crippen LogP contribution in [-0.4, -0.2) is 16.1 Å². The molecule has 1 aromatic heterocycles. The van der Waals surface area contributed by atoms with Crippen LogP contribution < -0.4 is 10.6 Å². The highest BCUT2D eigenvalue weighted by Crippen LogP contribution is 2.15. The van der Waals surface area contributed by atoms with Gasteiger partial charge < -0.3 is 10.6 Å². The van der Waals surface area contributed by atoms with E-state index in [0.29, 0.717) is 17.1 Å². The third-order valence-electron chi connectivity index (χ3n) is 3.49. The lowest BCUT2D eigenvalue weighted by atomic mass is 10.2. The molecule has 6 heteroatoms. The third-order valence-corrected chi connectivity index (χ3v) is 3.49. The summed E-state index contributed by atoms with van der Waals surface area (Å²) in [6.45, 7) is 1.98. The molecular formula is C19H15N5O. The molecular weight excluding hydrogens is 314 g/mol. The predicted molar refractivity (Wildman–Crippen MR) is 95.6 cm³/mol. The molecule has 0 saturated heterocycles. The first-order valence-electron chi connectivity index (χ1n) is 7.63. The Morgan fingerprint density at radius 2 is 1.60 bits per heavy atom. The van der Waals surface area contributed by atoms with Crippen LogP contribution in [0.15, 0.2) is 60.7 Å². The van der Waals surface area contributed by atoms with E-state index in [-0.39, 0.29) is 11.6 Å². The van der Waals surface area contributed by atoms with Gasteiger partial charge in [0.2, 0.25) is 0 Å². The second kappa shape index (κ2) is 7.23. The highest BCUT2D eigenvalue weighted by atomic mass is 16.1. The fourth-order valence-electron chi connectivity index (χ4n) is 2.13. The summed E-state index contributed by atoms with van der Waals surface area (Å²) >= 11 is 0. The summed E-state index contributed by atoms with van der Waals surface area (Å²) in [5, 5.41) is 22.6. The summed E-state index contributed by atoms with van der Waals surface area (Å²) < 4.78 is 0. The van der Waals surface area contributed by atoms with Crippen LogP contribution in [0.3, 0.4) is 0 Å². The number of aryl methyl sites for hydroxylation is 1. The number of carbonyl (C=O) groups is 1. The lowest BCUT2D eigenvalue weighted by molar-refractivity contribution is 0.102. The van der Waals surface area contributed by atoms with Crippen LogP contribution in [0.2, 0.25) is 0 Å². The van der Waals surface area contributed by atoms with Crippen molar-refractivity contribution in [2.24, 2.45) is 0 Å². The van der Waals surface area contributed by atoms with E-state index in [9.17, 15) is 4.79 Å². The minimum atomic E-state index is -0.318. The van der Waals surface area contributed by atoms with Crippen LogP contribution in [0, 0.1) is 18.3 Å². The molecule has 0 atom stereocenters. The van der Waals surface area contributed by atoms with Crippen LogP contribution in [0.5, 0.6) is 0 Å². The van der Waals surface area contributed by atoms with E-state index in [0.717, 1.165) is 11.3 Å². The molecule has 2 aromatic carbocycles. The molecule has 0 spiro atoms. The van der Waals surface area contributed by atoms with Gasteiger partial charge in [-0.15, -0.1) is 10.2 Å². The van der Waals surface area contributed by atoms with Crippen molar-refractivity contribution >= 4 is 23.1 Å². The monoisotopic (exact) mass is 329 g/mol. The van der Waals surface area contributed by atoms with Crippen molar-refractivity contribution in [2.75, 3.05) is 10.6 Å². The number of amides is 1. The molecule has 0 bridgehead atoms. The van der Waals surface area contributed by atoms with Crippen molar-refractivity contribution in [2.45, 2.75) is 6.92 Å². The van der Waals surface area contributed by atoms with Crippen molar-refractivity contribution in [1.82, 2.24) is 10.2 Å². The summed E-state index contributed by atoms with van der Waals surface area (Å²) in [6, 6.07) is 19.8. The zero-order valence-corrected chi connectivity index (χ0v) is 13.5. The molecule has 6 nitrogen and oxygen atoms in total. The first-order chi connectivity index (χ1) is 12.1. The maximum absolute atomic E-state index is 12.2. The number of hydrogen-bond acceptors (Lipinski definition) is 5. The summed E-state index contributed by atoms with van der Waals surface area (Å²) in [4.78, 5) is 12.2. The molecule has 1 heterocycles. The SMILES string of the molecule is Cc1ccc(NC(=O)c2ccc(Nc3ccc(C#N)cc3)nn2)cc1. The number of nitriles is 1. The average molecular weight is 329 g/mol. The molecule has 0 radical (unpaired) electrons. The Morgan fingerprint density at radius 3 is 2.20 bits per heavy atom. The molecule has 0 saturated carbocycles. The molecule has 1 amide bonds. The van der Waals surface area contributed by atoms with Gasteiger partial charge >= 0.3 is 0 Å². The van der Waals surface area contributed by atoms with E-state index < -0.39 is 0 Å². The highest BCUT2D eigenvalue weighted by Gasteiger charge is 2.09. The number of rotatable bonds is 4. The quantitative estimate of drug-likeness (QED) is 0.762. The minimum absolute atomic E-state index is 0.228. The Bertz CT molecular complexity index is 910. The van der Waals surface area contributed by atoms with E-state index in [1.54, 1.807) is 36.4 Å². The first kappa shape index (κ1) is 16.1. The molecule has 3 rings (SSSR count). The zero-order valence-electron chi connectivity index (χ0n) is 13.5. The lowest BCUT2D eigenvalue weighted by Gasteiger charge is -2.07. The van der Waals surface area contributed by atoms with E-state index in [2.05, 4.69) is 26.9 Å². The number of nitrogens with one attached hydrogen (secondary N) is 2. The molecule has 0 unspecified atom stereocenters. The van der Waals surface area contributed by atoms with Crippen LogP contribution in [0.1, 0.15) is 21.6 Å². The number of hydrogen-bond donors (Lipinski definition) is 2. The number of aromatic nitrogens is 2. The van der Waals surface area contributed by atoms with Crippen LogP contribution >= 0.6 is 0 Å². The van der Waals surface area contributed by atoms with Gasteiger partial charge in [-0.1, -0.05) is 17.7 Å². The van der Waals surface area contributed by atoms with Crippen LogP contribution in [0.4, 0.5) is 17.2 Å². The van der Waals surface area contributed by atoms with Crippen LogP contribution in [-0.2, 0) is 0 Å². The Hall–Kier alpha value is -3.72. The molecule has 2 N–H and O–H groups in total. The van der Waals surface area contributed by atoms with Gasteiger partial charge in [-0.2, -0.15) is 5.26 Å². The summed E-state index contributed by atoms with van der Waals surface area (Å²) in [7, 11) is 0. The second-order valence-electron chi connectivity index (χ2n) is 5.44. The highest BCUT2D eigenvalue weighted by molar-refractivity contribution is 6.02. The normalized spacial score (nSPS) is 9.92. The molecule has 0 aliphatic heterocycles. The Morgan fingerprint density at radius 1 is 0.920 bits per heavy atom. The third kappa shape index (κ3) is 4.18. The maximum Gasteiger partial charge on any atom is 0.276 e. The molecule has 122 valence electrons. The summed E-state index contributed by atoms with van der Waals surface area (Å²) in [5.74, 6) is 0.192. The average Bonchev–Trinajstić information content (AvgIpc) is 2.65. The zero-order chi connectivity index (χ0) is 17.6. The second-order valence-corrected chi connectivity index (χ2v) is 5.44. The number of nitrogens with zero attached hydrogens (tertiary/aromatic N) is 3. The van der Waals surface area contributed by atoms with Crippen molar-refractivity contribution in [3.05, 3.63) is 77.5 Å². The molecule has 0 fully saturated rings. The van der Waals surface area contributed by atoms with E-state index in [4.69, 9.17) is 5.26 Å². The van der Waals surface area contributed by atoms with Gasteiger partial charge in [-0.05, 0) is 55.5 Å². The number of benzene rings is 2. The fraction of sp³-hybridized carbons (Fsp3) is 0.0526. The van der Waals surface area contributed by atoms with Crippen molar-refractivity contribution < 1.29 is 4.79 Å². The van der Waals surface area contributed by atoms with Gasteiger partial charge in [0.25, 0.3) is 5.91 Å². The van der Waals surface area contributed by atoms with Gasteiger partial charge in [0.05, 0.1) is 11.6 Å². The van der Waals surface area contributed by atoms with Crippen molar-refractivity contribution in [1.29, 1.82) is 5.26 Å². The van der Waals surface area contributed by atoms with Gasteiger partial charge in [0.15, 0.2) is 11.5 Å². The minimum Gasteiger partial charge on any atom is -0.339 e. The molecule has 3 aromatic rings. The summed E-state index contributed by atoms with van der Waals surface area (Å²) in [5.41, 5.74) is 3.42. The van der Waals surface area contributed by atoms with Gasteiger partial charge in [-0.25, -0.2) is 0 Å². The number of anilines is 3. The smallest absolute Gasteiger partial charge is 0.276 e. The van der Waals surface area contributed by atoms with Crippen molar-refractivity contribution in [3.63, 3.8) is 0 Å². The largest absolute Gasteiger partial charge is 0.339 e. The predicted octanol–water partition coefficient (Wildman–Crippen LogP) is 3.65. The maximum atomic E-state index is 12.2. The molecule has 0 aliphatic rings. The van der Waals surface area contributed by atoms with Crippen molar-refractivity contribution in [3.8, 4) is 6.07 Å². The summed E-state index contributed by atoms with van der Waals surface area (Å²) in [6.07, 6.45) is 0. The Labute approximate surface area is 145 Å². The first-order valence-corrected chi connectivity index (χ1v) is 7.63. The fourth-order valence-corrected chi connectivity index (χ4v) is 2.13. The molecule has 0 aliphatic carbocycles. The Balaban J connectivity index is 1.65. The standard InChI is InChI=1S/C19H15N5O/c1-13-2-6-16(7-3-13)22-19(25)17-10-11-18(24-23-17)21-15-8-4-14(12-20)5-9-15/h2-11H,1H3,(H,21,24)(H,22,25). The van der Waals surface area contributed by atoms with E-state index in [1.807, 2.05) is 31.2 Å². The Kier molecular flexibility index (Phi) is 4.67. The van der Waals surface area contributed by atoms with E-state index in [1.165, 1.54) is 0 Å².